The summed E-state index contributed by atoms with van der Waals surface area (Å²) >= 11 is 0. The van der Waals surface area contributed by atoms with Gasteiger partial charge in [0.05, 0.1) is 7.11 Å². The second-order valence-electron chi connectivity index (χ2n) is 2.64. The van der Waals surface area contributed by atoms with Gasteiger partial charge >= 0.3 is 0 Å². The Morgan fingerprint density at radius 1 is 1.50 bits per heavy atom. The molecular formula is C8H10NO4S. The molecule has 14 heavy (non-hydrogen) atoms. The lowest BCUT2D eigenvalue weighted by molar-refractivity contribution is 0.397. The Kier molecular flexibility index (Phi) is 3.10. The Bertz CT molecular complexity index is 427. The Morgan fingerprint density at radius 3 is 2.57 bits per heavy atom. The van der Waals surface area contributed by atoms with Gasteiger partial charge in [0, 0.05) is 6.54 Å². The molecule has 0 heterocycles. The lowest BCUT2D eigenvalue weighted by Crippen LogP contribution is -2.02. The molecule has 0 aliphatic rings. The molecule has 0 aromatic heterocycles. The minimum atomic E-state index is -4.26. The van der Waals surface area contributed by atoms with Gasteiger partial charge in [-0.15, -0.1) is 0 Å². The predicted molar refractivity (Wildman–Crippen MR) is 49.6 cm³/mol. The lowest BCUT2D eigenvalue weighted by Gasteiger charge is -2.06. The third kappa shape index (κ3) is 2.22. The van der Waals surface area contributed by atoms with Crippen molar-refractivity contribution < 1.29 is 17.7 Å². The van der Waals surface area contributed by atoms with Crippen molar-refractivity contribution in [2.24, 2.45) is 0 Å². The SMILES string of the molecule is COc1cc(C[NH])ccc1S(=O)(=O)O. The summed E-state index contributed by atoms with van der Waals surface area (Å²) in [6.07, 6.45) is 0. The first-order valence-electron chi connectivity index (χ1n) is 3.78. The second-order valence-corrected chi connectivity index (χ2v) is 4.03. The zero-order valence-corrected chi connectivity index (χ0v) is 8.34. The second kappa shape index (κ2) is 3.95. The molecule has 0 bridgehead atoms. The van der Waals surface area contributed by atoms with Crippen molar-refractivity contribution in [1.29, 1.82) is 0 Å². The molecule has 1 rings (SSSR count). The van der Waals surface area contributed by atoms with E-state index in [2.05, 4.69) is 0 Å². The van der Waals surface area contributed by atoms with Crippen LogP contribution in [0.25, 0.3) is 0 Å². The van der Waals surface area contributed by atoms with Crippen molar-refractivity contribution in [2.75, 3.05) is 7.11 Å². The van der Waals surface area contributed by atoms with Crippen LogP contribution in [0.2, 0.25) is 0 Å². The number of methoxy groups -OCH3 is 1. The molecule has 0 aliphatic carbocycles. The molecule has 77 valence electrons. The monoisotopic (exact) mass is 216 g/mol. The summed E-state index contributed by atoms with van der Waals surface area (Å²) in [6.45, 7) is 0.0299. The lowest BCUT2D eigenvalue weighted by atomic mass is 10.2. The topological polar surface area (TPSA) is 87.4 Å². The minimum Gasteiger partial charge on any atom is -0.495 e. The molecule has 1 aromatic rings. The normalized spacial score (nSPS) is 11.4. The van der Waals surface area contributed by atoms with Gasteiger partial charge in [-0.05, 0) is 17.7 Å². The maximum Gasteiger partial charge on any atom is 0.298 e. The highest BCUT2D eigenvalue weighted by Gasteiger charge is 2.16. The molecule has 1 aromatic carbocycles. The fourth-order valence-electron chi connectivity index (χ4n) is 1.04. The van der Waals surface area contributed by atoms with E-state index in [0.717, 1.165) is 0 Å². The largest absolute Gasteiger partial charge is 0.495 e. The van der Waals surface area contributed by atoms with Gasteiger partial charge in [0.15, 0.2) is 0 Å². The highest BCUT2D eigenvalue weighted by atomic mass is 32.2. The Morgan fingerprint density at radius 2 is 2.14 bits per heavy atom. The third-order valence-electron chi connectivity index (χ3n) is 1.71. The highest BCUT2D eigenvalue weighted by Crippen LogP contribution is 2.24. The maximum atomic E-state index is 10.8. The van der Waals surface area contributed by atoms with Crippen LogP contribution in [0.4, 0.5) is 0 Å². The maximum absolute atomic E-state index is 10.8. The van der Waals surface area contributed by atoms with Gasteiger partial charge in [-0.25, -0.2) is 0 Å². The summed E-state index contributed by atoms with van der Waals surface area (Å²) in [5.74, 6) is 0.0530. The molecule has 0 spiro atoms. The summed E-state index contributed by atoms with van der Waals surface area (Å²) < 4.78 is 35.3. The van der Waals surface area contributed by atoms with E-state index in [1.165, 1.54) is 25.3 Å². The van der Waals surface area contributed by atoms with Crippen molar-refractivity contribution in [1.82, 2.24) is 5.73 Å². The minimum absolute atomic E-state index is 0.0299. The molecule has 0 aliphatic heterocycles. The van der Waals surface area contributed by atoms with Crippen LogP contribution in [0.15, 0.2) is 23.1 Å². The molecule has 0 atom stereocenters. The summed E-state index contributed by atoms with van der Waals surface area (Å²) in [7, 11) is -2.95. The fourth-order valence-corrected chi connectivity index (χ4v) is 1.67. The van der Waals surface area contributed by atoms with Gasteiger partial charge in [-0.1, -0.05) is 6.07 Å². The Hall–Kier alpha value is -1.11. The van der Waals surface area contributed by atoms with Crippen LogP contribution >= 0.6 is 0 Å². The van der Waals surface area contributed by atoms with Gasteiger partial charge < -0.3 is 4.74 Å². The van der Waals surface area contributed by atoms with Crippen LogP contribution in [0.1, 0.15) is 5.56 Å². The van der Waals surface area contributed by atoms with E-state index in [0.29, 0.717) is 5.56 Å². The van der Waals surface area contributed by atoms with Crippen LogP contribution in [0.3, 0.4) is 0 Å². The average molecular weight is 216 g/mol. The standard InChI is InChI=1S/C8H10NO4S/c1-13-7-4-6(5-9)2-3-8(7)14(10,11)12/h2-4,9H,5H2,1H3,(H,10,11,12). The van der Waals surface area contributed by atoms with Crippen molar-refractivity contribution in [2.45, 2.75) is 11.4 Å². The summed E-state index contributed by atoms with van der Waals surface area (Å²) in [6, 6.07) is 4.09. The predicted octanol–water partition coefficient (Wildman–Crippen LogP) is 0.725. The van der Waals surface area contributed by atoms with E-state index in [1.807, 2.05) is 0 Å². The average Bonchev–Trinajstić information content (AvgIpc) is 2.15. The Balaban J connectivity index is 3.33. The van der Waals surface area contributed by atoms with Gasteiger partial charge in [0.25, 0.3) is 10.1 Å². The fraction of sp³-hybridized carbons (Fsp3) is 0.250. The number of rotatable bonds is 3. The first-order valence-corrected chi connectivity index (χ1v) is 5.22. The van der Waals surface area contributed by atoms with Gasteiger partial charge in [0.2, 0.25) is 0 Å². The Labute approximate surface area is 82.2 Å². The molecule has 0 fully saturated rings. The summed E-state index contributed by atoms with van der Waals surface area (Å²) in [5, 5.41) is 0. The van der Waals surface area contributed by atoms with Crippen molar-refractivity contribution >= 4 is 10.1 Å². The molecule has 5 nitrogen and oxygen atoms in total. The zero-order valence-electron chi connectivity index (χ0n) is 7.52. The molecule has 0 unspecified atom stereocenters. The number of benzene rings is 1. The van der Waals surface area contributed by atoms with E-state index in [9.17, 15) is 8.42 Å². The van der Waals surface area contributed by atoms with Gasteiger partial charge in [0.1, 0.15) is 10.6 Å². The summed E-state index contributed by atoms with van der Waals surface area (Å²) in [5.41, 5.74) is 7.69. The molecule has 1 radical (unpaired) electrons. The van der Waals surface area contributed by atoms with Crippen LogP contribution < -0.4 is 10.5 Å². The van der Waals surface area contributed by atoms with E-state index in [1.54, 1.807) is 0 Å². The number of ether oxygens (including phenoxy) is 1. The third-order valence-corrected chi connectivity index (χ3v) is 2.60. The summed E-state index contributed by atoms with van der Waals surface area (Å²) in [4.78, 5) is -0.280. The highest BCUT2D eigenvalue weighted by molar-refractivity contribution is 7.86. The zero-order chi connectivity index (χ0) is 10.8. The van der Waals surface area contributed by atoms with Gasteiger partial charge in [-0.3, -0.25) is 10.3 Å². The van der Waals surface area contributed by atoms with Gasteiger partial charge in [-0.2, -0.15) is 8.42 Å². The van der Waals surface area contributed by atoms with E-state index < -0.39 is 10.1 Å². The van der Waals surface area contributed by atoms with Crippen molar-refractivity contribution in [3.05, 3.63) is 23.8 Å². The number of nitrogens with one attached hydrogen (secondary N) is 1. The first-order chi connectivity index (χ1) is 6.49. The first kappa shape index (κ1) is 11.0. The smallest absolute Gasteiger partial charge is 0.298 e. The molecule has 0 saturated heterocycles. The quantitative estimate of drug-likeness (QED) is 0.754. The van der Waals surface area contributed by atoms with E-state index in [4.69, 9.17) is 15.0 Å². The molecule has 0 saturated carbocycles. The molecule has 0 amide bonds. The van der Waals surface area contributed by atoms with Crippen LogP contribution in [0.5, 0.6) is 5.75 Å². The van der Waals surface area contributed by atoms with E-state index in [-0.39, 0.29) is 17.2 Å². The number of hydrogen-bond acceptors (Lipinski definition) is 3. The van der Waals surface area contributed by atoms with Crippen molar-refractivity contribution in [3.63, 3.8) is 0 Å². The number of hydrogen-bond donors (Lipinski definition) is 1. The van der Waals surface area contributed by atoms with Crippen LogP contribution in [-0.2, 0) is 16.7 Å². The van der Waals surface area contributed by atoms with Crippen molar-refractivity contribution in [3.8, 4) is 5.75 Å². The molecule has 6 heteroatoms. The molecular weight excluding hydrogens is 206 g/mol. The van der Waals surface area contributed by atoms with Crippen LogP contribution in [-0.4, -0.2) is 20.1 Å². The molecule has 2 N–H and O–H groups in total. The van der Waals surface area contributed by atoms with Crippen LogP contribution in [0, 0.1) is 0 Å². The van der Waals surface area contributed by atoms with E-state index >= 15 is 0 Å².